The number of fused-ring (bicyclic) bond motifs is 1. The van der Waals surface area contributed by atoms with E-state index >= 15 is 0 Å². The molecule has 0 saturated carbocycles. The number of hydrogen-bond acceptors (Lipinski definition) is 3. The van der Waals surface area contributed by atoms with E-state index < -0.39 is 12.6 Å². The van der Waals surface area contributed by atoms with E-state index in [0.717, 1.165) is 11.3 Å². The van der Waals surface area contributed by atoms with E-state index in [1.807, 2.05) is 13.8 Å². The molecule has 2 rings (SSSR count). The molecule has 18 heavy (non-hydrogen) atoms. The minimum absolute atomic E-state index is 0.0111. The Kier molecular flexibility index (Phi) is 3.25. The second-order valence-electron chi connectivity index (χ2n) is 5.44. The number of carbonyl (C=O) groups excluding carboxylic acids is 1. The van der Waals surface area contributed by atoms with E-state index in [0.29, 0.717) is 28.4 Å². The molecule has 0 aromatic carbocycles. The first-order valence-corrected chi connectivity index (χ1v) is 6.56. The van der Waals surface area contributed by atoms with E-state index in [9.17, 15) is 18.0 Å². The van der Waals surface area contributed by atoms with E-state index in [1.54, 1.807) is 0 Å². The van der Waals surface area contributed by atoms with Crippen LogP contribution < -0.4 is 0 Å². The highest BCUT2D eigenvalue weighted by atomic mass is 32.1. The highest BCUT2D eigenvalue weighted by Crippen LogP contribution is 2.37. The molecule has 100 valence electrons. The van der Waals surface area contributed by atoms with Crippen molar-refractivity contribution < 1.29 is 18.0 Å². The summed E-state index contributed by atoms with van der Waals surface area (Å²) in [5.41, 5.74) is 0.540. The third-order valence-electron chi connectivity index (χ3n) is 2.90. The van der Waals surface area contributed by atoms with E-state index in [4.69, 9.17) is 0 Å². The number of nitrogens with zero attached hydrogens (tertiary/aromatic N) is 1. The van der Waals surface area contributed by atoms with Gasteiger partial charge in [-0.3, -0.25) is 4.79 Å². The van der Waals surface area contributed by atoms with Gasteiger partial charge in [-0.25, -0.2) is 4.98 Å². The van der Waals surface area contributed by atoms with Crippen molar-refractivity contribution in [2.24, 2.45) is 5.41 Å². The molecule has 1 aromatic rings. The number of ketones is 1. The Balaban J connectivity index is 2.17. The Morgan fingerprint density at radius 3 is 2.61 bits per heavy atom. The molecule has 1 aliphatic rings. The number of thiazole rings is 1. The fourth-order valence-corrected chi connectivity index (χ4v) is 3.14. The molecular formula is C12H14F3NOS. The maximum atomic E-state index is 12.1. The Bertz CT molecular complexity index is 476. The minimum Gasteiger partial charge on any atom is -0.293 e. The number of hydrogen-bond donors (Lipinski definition) is 0. The molecule has 0 spiro atoms. The van der Waals surface area contributed by atoms with Gasteiger partial charge in [-0.15, -0.1) is 11.3 Å². The minimum atomic E-state index is -4.17. The van der Waals surface area contributed by atoms with Gasteiger partial charge in [0, 0.05) is 19.3 Å². The van der Waals surface area contributed by atoms with Gasteiger partial charge in [0.25, 0.3) is 0 Å². The topological polar surface area (TPSA) is 30.0 Å². The summed E-state index contributed by atoms with van der Waals surface area (Å²) < 4.78 is 36.4. The van der Waals surface area contributed by atoms with E-state index in [-0.39, 0.29) is 17.6 Å². The molecule has 1 aliphatic carbocycles. The van der Waals surface area contributed by atoms with Gasteiger partial charge < -0.3 is 0 Å². The lowest BCUT2D eigenvalue weighted by atomic mass is 9.78. The maximum absolute atomic E-state index is 12.1. The molecule has 0 unspecified atom stereocenters. The molecular weight excluding hydrogens is 263 g/mol. The first-order valence-electron chi connectivity index (χ1n) is 5.75. The lowest BCUT2D eigenvalue weighted by Gasteiger charge is -2.26. The molecule has 1 heterocycles. The van der Waals surface area contributed by atoms with Crippen LogP contribution in [0.5, 0.6) is 0 Å². The third kappa shape index (κ3) is 3.10. The molecule has 0 N–H and O–H groups in total. The average Bonchev–Trinajstić information content (AvgIpc) is 2.55. The summed E-state index contributed by atoms with van der Waals surface area (Å²) in [7, 11) is 0. The third-order valence-corrected chi connectivity index (χ3v) is 4.10. The van der Waals surface area contributed by atoms with Gasteiger partial charge in [-0.2, -0.15) is 13.2 Å². The Morgan fingerprint density at radius 2 is 2.00 bits per heavy atom. The van der Waals surface area contributed by atoms with Crippen molar-refractivity contribution in [1.29, 1.82) is 0 Å². The van der Waals surface area contributed by atoms with Crippen LogP contribution in [0.4, 0.5) is 13.2 Å². The van der Waals surface area contributed by atoms with Gasteiger partial charge in [-0.05, 0) is 11.8 Å². The summed E-state index contributed by atoms with van der Waals surface area (Å²) in [6, 6.07) is 0. The lowest BCUT2D eigenvalue weighted by molar-refractivity contribution is -0.134. The van der Waals surface area contributed by atoms with Crippen molar-refractivity contribution in [3.63, 3.8) is 0 Å². The summed E-state index contributed by atoms with van der Waals surface area (Å²) in [5.74, 6) is 0.0111. The van der Waals surface area contributed by atoms with Crippen LogP contribution in [0, 0.1) is 5.41 Å². The van der Waals surface area contributed by atoms with E-state index in [1.165, 1.54) is 0 Å². The Morgan fingerprint density at radius 1 is 1.33 bits per heavy atom. The summed E-state index contributed by atoms with van der Waals surface area (Å²) >= 11 is 1.12. The second-order valence-corrected chi connectivity index (χ2v) is 6.52. The van der Waals surface area contributed by atoms with Gasteiger partial charge in [-0.1, -0.05) is 13.8 Å². The molecule has 0 amide bonds. The standard InChI is InChI=1S/C12H14F3NOS/c1-11(2)5-7-10(8(17)6-11)18-9(16-7)3-4-12(13,14)15/h3-6H2,1-2H3. The van der Waals surface area contributed by atoms with Crippen LogP contribution >= 0.6 is 11.3 Å². The fourth-order valence-electron chi connectivity index (χ4n) is 2.12. The monoisotopic (exact) mass is 277 g/mol. The summed E-state index contributed by atoms with van der Waals surface area (Å²) in [6.07, 6.45) is -4.07. The first-order chi connectivity index (χ1) is 8.16. The first kappa shape index (κ1) is 13.5. The van der Waals surface area contributed by atoms with Crippen LogP contribution in [-0.4, -0.2) is 16.9 Å². The molecule has 0 radical (unpaired) electrons. The van der Waals surface area contributed by atoms with Crippen LogP contribution in [0.15, 0.2) is 0 Å². The highest BCUT2D eigenvalue weighted by molar-refractivity contribution is 7.13. The maximum Gasteiger partial charge on any atom is 0.389 e. The van der Waals surface area contributed by atoms with Gasteiger partial charge in [0.15, 0.2) is 5.78 Å². The number of aryl methyl sites for hydroxylation is 1. The molecule has 1 aromatic heterocycles. The lowest BCUT2D eigenvalue weighted by Crippen LogP contribution is -2.26. The van der Waals surface area contributed by atoms with Crippen molar-refractivity contribution >= 4 is 17.1 Å². The van der Waals surface area contributed by atoms with Crippen LogP contribution in [0.3, 0.4) is 0 Å². The van der Waals surface area contributed by atoms with Crippen LogP contribution in [0.25, 0.3) is 0 Å². The molecule has 0 bridgehead atoms. The zero-order valence-electron chi connectivity index (χ0n) is 10.2. The molecule has 2 nitrogen and oxygen atoms in total. The number of alkyl halides is 3. The summed E-state index contributed by atoms with van der Waals surface area (Å²) in [6.45, 7) is 3.95. The Labute approximate surface area is 107 Å². The second kappa shape index (κ2) is 4.33. The number of aromatic nitrogens is 1. The van der Waals surface area contributed by atoms with Crippen LogP contribution in [0.2, 0.25) is 0 Å². The number of carbonyl (C=O) groups is 1. The number of halogens is 3. The zero-order valence-corrected chi connectivity index (χ0v) is 11.0. The Hall–Kier alpha value is -0.910. The quantitative estimate of drug-likeness (QED) is 0.823. The summed E-state index contributed by atoms with van der Waals surface area (Å²) in [5, 5.41) is 0.420. The number of rotatable bonds is 2. The van der Waals surface area contributed by atoms with Gasteiger partial charge in [0.05, 0.1) is 15.6 Å². The highest BCUT2D eigenvalue weighted by Gasteiger charge is 2.34. The molecule has 0 atom stereocenters. The van der Waals surface area contributed by atoms with Crippen molar-refractivity contribution in [2.45, 2.75) is 45.7 Å². The molecule has 0 saturated heterocycles. The van der Waals surface area contributed by atoms with E-state index in [2.05, 4.69) is 4.98 Å². The van der Waals surface area contributed by atoms with Crippen molar-refractivity contribution in [3.05, 3.63) is 15.6 Å². The van der Waals surface area contributed by atoms with Gasteiger partial charge in [0.2, 0.25) is 0 Å². The average molecular weight is 277 g/mol. The smallest absolute Gasteiger partial charge is 0.293 e. The molecule has 0 fully saturated rings. The van der Waals surface area contributed by atoms with Crippen molar-refractivity contribution in [3.8, 4) is 0 Å². The predicted octanol–water partition coefficient (Wildman–Crippen LogP) is 3.79. The zero-order chi connectivity index (χ0) is 13.6. The largest absolute Gasteiger partial charge is 0.389 e. The fraction of sp³-hybridized carbons (Fsp3) is 0.667. The predicted molar refractivity (Wildman–Crippen MR) is 62.9 cm³/mol. The van der Waals surface area contributed by atoms with Gasteiger partial charge >= 0.3 is 6.18 Å². The van der Waals surface area contributed by atoms with Crippen LogP contribution in [0.1, 0.15) is 47.1 Å². The molecule has 0 aliphatic heterocycles. The SMILES string of the molecule is CC1(C)CC(=O)c2sc(CCC(F)(F)F)nc2C1. The summed E-state index contributed by atoms with van der Waals surface area (Å²) in [4.78, 5) is 16.6. The number of Topliss-reactive ketones (excluding diaryl/α,β-unsaturated/α-hetero) is 1. The van der Waals surface area contributed by atoms with Crippen molar-refractivity contribution in [1.82, 2.24) is 4.98 Å². The molecule has 6 heteroatoms. The van der Waals surface area contributed by atoms with Gasteiger partial charge in [0.1, 0.15) is 0 Å². The van der Waals surface area contributed by atoms with Crippen molar-refractivity contribution in [2.75, 3.05) is 0 Å². The van der Waals surface area contributed by atoms with Crippen LogP contribution in [-0.2, 0) is 12.8 Å². The normalized spacial score (nSPS) is 18.8.